The molecule has 1 aromatic heterocycles. The molecule has 2 rings (SSSR count). The molecular weight excluding hydrogens is 278 g/mol. The Labute approximate surface area is 121 Å². The fourth-order valence-corrected chi connectivity index (χ4v) is 1.84. The molecular formula is C14H14ClN3O2. The van der Waals surface area contributed by atoms with Gasteiger partial charge in [0.25, 0.3) is 0 Å². The quantitative estimate of drug-likeness (QED) is 0.846. The summed E-state index contributed by atoms with van der Waals surface area (Å²) in [6.45, 7) is 2.02. The third-order valence-corrected chi connectivity index (χ3v) is 2.73. The molecule has 6 heteroatoms. The van der Waals surface area contributed by atoms with Crippen LogP contribution in [0.4, 0.5) is 17.2 Å². The molecule has 0 aliphatic carbocycles. The smallest absolute Gasteiger partial charge is 0.341 e. The maximum atomic E-state index is 11.9. The zero-order valence-electron chi connectivity index (χ0n) is 10.9. The van der Waals surface area contributed by atoms with Crippen molar-refractivity contribution in [1.82, 2.24) is 4.98 Å². The number of halogens is 1. The topological polar surface area (TPSA) is 77.2 Å². The zero-order valence-corrected chi connectivity index (χ0v) is 11.6. The first-order chi connectivity index (χ1) is 9.60. The number of nitrogen functional groups attached to an aromatic ring is 1. The molecule has 1 aromatic carbocycles. The number of ether oxygens (including phenoxy) is 1. The van der Waals surface area contributed by atoms with Crippen molar-refractivity contribution < 1.29 is 9.53 Å². The second-order valence-corrected chi connectivity index (χ2v) is 4.46. The van der Waals surface area contributed by atoms with Crippen LogP contribution in [-0.2, 0) is 4.74 Å². The number of esters is 1. The molecule has 104 valence electrons. The first-order valence-electron chi connectivity index (χ1n) is 6.05. The van der Waals surface area contributed by atoms with Crippen LogP contribution in [0.2, 0.25) is 5.02 Å². The predicted octanol–water partition coefficient (Wildman–Crippen LogP) is 3.24. The van der Waals surface area contributed by atoms with E-state index in [-0.39, 0.29) is 12.2 Å². The number of nitrogens with one attached hydrogen (secondary N) is 1. The van der Waals surface area contributed by atoms with Crippen molar-refractivity contribution in [3.05, 3.63) is 47.1 Å². The minimum absolute atomic E-state index is 0.282. The van der Waals surface area contributed by atoms with Gasteiger partial charge in [-0.15, -0.1) is 0 Å². The molecule has 20 heavy (non-hydrogen) atoms. The summed E-state index contributed by atoms with van der Waals surface area (Å²) in [4.78, 5) is 16.0. The number of aromatic nitrogens is 1. The summed E-state index contributed by atoms with van der Waals surface area (Å²) in [6, 6.07) is 8.63. The van der Waals surface area contributed by atoms with E-state index >= 15 is 0 Å². The molecule has 1 heterocycles. The van der Waals surface area contributed by atoms with Gasteiger partial charge in [0.1, 0.15) is 11.4 Å². The number of anilines is 3. The van der Waals surface area contributed by atoms with Gasteiger partial charge in [0.05, 0.1) is 18.5 Å². The number of hydrogen-bond donors (Lipinski definition) is 2. The summed E-state index contributed by atoms with van der Waals surface area (Å²) in [5.41, 5.74) is 7.06. The van der Waals surface area contributed by atoms with Crippen molar-refractivity contribution in [3.8, 4) is 0 Å². The Balaban J connectivity index is 2.33. The fourth-order valence-electron chi connectivity index (χ4n) is 1.65. The average molecular weight is 292 g/mol. The summed E-state index contributed by atoms with van der Waals surface area (Å²) >= 11 is 5.92. The third kappa shape index (κ3) is 3.39. The molecule has 0 spiro atoms. The van der Waals surface area contributed by atoms with E-state index in [1.54, 1.807) is 25.1 Å². The van der Waals surface area contributed by atoms with Gasteiger partial charge in [-0.2, -0.15) is 0 Å². The van der Waals surface area contributed by atoms with Crippen LogP contribution in [0.1, 0.15) is 17.3 Å². The molecule has 0 saturated carbocycles. The van der Waals surface area contributed by atoms with Crippen molar-refractivity contribution in [2.45, 2.75) is 6.92 Å². The van der Waals surface area contributed by atoms with Crippen molar-refractivity contribution in [1.29, 1.82) is 0 Å². The number of nitrogens with two attached hydrogens (primary N) is 1. The molecule has 0 aliphatic heterocycles. The van der Waals surface area contributed by atoms with E-state index in [9.17, 15) is 4.79 Å². The van der Waals surface area contributed by atoms with Gasteiger partial charge in [-0.1, -0.05) is 17.7 Å². The molecule has 0 amide bonds. The van der Waals surface area contributed by atoms with Crippen LogP contribution in [0.3, 0.4) is 0 Å². The molecule has 0 fully saturated rings. The highest BCUT2D eigenvalue weighted by Crippen LogP contribution is 2.23. The van der Waals surface area contributed by atoms with Gasteiger partial charge in [0.15, 0.2) is 0 Å². The van der Waals surface area contributed by atoms with Gasteiger partial charge in [-0.25, -0.2) is 9.78 Å². The molecule has 0 radical (unpaired) electrons. The highest BCUT2D eigenvalue weighted by Gasteiger charge is 2.14. The Kier molecular flexibility index (Phi) is 4.42. The molecule has 0 atom stereocenters. The number of carbonyl (C=O) groups excluding carboxylic acids is 1. The highest BCUT2D eigenvalue weighted by atomic mass is 35.5. The first-order valence-corrected chi connectivity index (χ1v) is 6.43. The zero-order chi connectivity index (χ0) is 14.5. The monoisotopic (exact) mass is 291 g/mol. The number of pyridine rings is 1. The molecule has 2 aromatic rings. The Hall–Kier alpha value is -2.27. The molecule has 0 aliphatic rings. The van der Waals surface area contributed by atoms with Crippen LogP contribution in [0.15, 0.2) is 36.5 Å². The van der Waals surface area contributed by atoms with E-state index in [1.165, 1.54) is 12.3 Å². The van der Waals surface area contributed by atoms with Gasteiger partial charge >= 0.3 is 5.97 Å². The van der Waals surface area contributed by atoms with Gasteiger partial charge < -0.3 is 15.8 Å². The molecule has 0 unspecified atom stereocenters. The lowest BCUT2D eigenvalue weighted by Gasteiger charge is -2.11. The summed E-state index contributed by atoms with van der Waals surface area (Å²) in [6.07, 6.45) is 1.47. The molecule has 3 N–H and O–H groups in total. The SMILES string of the molecule is CCOC(=O)c1cc(N)cnc1Nc1cccc(Cl)c1. The van der Waals surface area contributed by atoms with Crippen molar-refractivity contribution >= 4 is 34.8 Å². The molecule has 0 bridgehead atoms. The van der Waals surface area contributed by atoms with E-state index in [2.05, 4.69) is 10.3 Å². The Morgan fingerprint density at radius 3 is 2.95 bits per heavy atom. The van der Waals surface area contributed by atoms with Crippen molar-refractivity contribution in [3.63, 3.8) is 0 Å². The predicted molar refractivity (Wildman–Crippen MR) is 79.3 cm³/mol. The van der Waals surface area contributed by atoms with Crippen LogP contribution in [0.5, 0.6) is 0 Å². The lowest BCUT2D eigenvalue weighted by Crippen LogP contribution is -2.10. The number of rotatable bonds is 4. The summed E-state index contributed by atoms with van der Waals surface area (Å²) in [5.74, 6) is -0.100. The number of nitrogens with zero attached hydrogens (tertiary/aromatic N) is 1. The van der Waals surface area contributed by atoms with E-state index < -0.39 is 5.97 Å². The second kappa shape index (κ2) is 6.25. The lowest BCUT2D eigenvalue weighted by molar-refractivity contribution is 0.0527. The van der Waals surface area contributed by atoms with Gasteiger partial charge in [-0.3, -0.25) is 0 Å². The van der Waals surface area contributed by atoms with Gasteiger partial charge in [0.2, 0.25) is 0 Å². The maximum absolute atomic E-state index is 11.9. The number of hydrogen-bond acceptors (Lipinski definition) is 5. The Morgan fingerprint density at radius 1 is 1.45 bits per heavy atom. The Bertz CT molecular complexity index is 632. The summed E-state index contributed by atoms with van der Waals surface area (Å²) < 4.78 is 4.98. The standard InChI is InChI=1S/C14H14ClN3O2/c1-2-20-14(19)12-7-10(16)8-17-13(12)18-11-5-3-4-9(15)6-11/h3-8H,2,16H2,1H3,(H,17,18). The molecule has 5 nitrogen and oxygen atoms in total. The second-order valence-electron chi connectivity index (χ2n) is 4.02. The minimum Gasteiger partial charge on any atom is -0.462 e. The number of benzene rings is 1. The van der Waals surface area contributed by atoms with Crippen LogP contribution in [-0.4, -0.2) is 17.6 Å². The highest BCUT2D eigenvalue weighted by molar-refractivity contribution is 6.30. The Morgan fingerprint density at radius 2 is 2.25 bits per heavy atom. The van der Waals surface area contributed by atoms with Gasteiger partial charge in [0, 0.05) is 10.7 Å². The number of carbonyl (C=O) groups is 1. The van der Waals surface area contributed by atoms with Crippen LogP contribution in [0.25, 0.3) is 0 Å². The van der Waals surface area contributed by atoms with Crippen LogP contribution >= 0.6 is 11.6 Å². The maximum Gasteiger partial charge on any atom is 0.341 e. The van der Waals surface area contributed by atoms with Crippen LogP contribution < -0.4 is 11.1 Å². The summed E-state index contributed by atoms with van der Waals surface area (Å²) in [7, 11) is 0. The fraction of sp³-hybridized carbons (Fsp3) is 0.143. The first kappa shape index (κ1) is 14.1. The van der Waals surface area contributed by atoms with E-state index in [4.69, 9.17) is 22.1 Å². The van der Waals surface area contributed by atoms with E-state index in [1.807, 2.05) is 6.07 Å². The molecule has 0 saturated heterocycles. The minimum atomic E-state index is -0.475. The van der Waals surface area contributed by atoms with Crippen molar-refractivity contribution in [2.24, 2.45) is 0 Å². The van der Waals surface area contributed by atoms with Gasteiger partial charge in [-0.05, 0) is 31.2 Å². The van der Waals surface area contributed by atoms with E-state index in [0.29, 0.717) is 16.5 Å². The van der Waals surface area contributed by atoms with Crippen molar-refractivity contribution in [2.75, 3.05) is 17.7 Å². The normalized spacial score (nSPS) is 10.1. The lowest BCUT2D eigenvalue weighted by atomic mass is 10.2. The van der Waals surface area contributed by atoms with Crippen LogP contribution in [0, 0.1) is 0 Å². The largest absolute Gasteiger partial charge is 0.462 e. The third-order valence-electron chi connectivity index (χ3n) is 2.49. The van der Waals surface area contributed by atoms with E-state index in [0.717, 1.165) is 5.69 Å². The summed E-state index contributed by atoms with van der Waals surface area (Å²) in [5, 5.41) is 3.61. The average Bonchev–Trinajstić information content (AvgIpc) is 2.41.